The fourth-order valence-corrected chi connectivity index (χ4v) is 4.39. The molecule has 0 fully saturated rings. The molecule has 0 aliphatic rings. The van der Waals surface area contributed by atoms with E-state index in [4.69, 9.17) is 14.6 Å². The highest BCUT2D eigenvalue weighted by atomic mass is 28.4. The molecule has 5 heteroatoms. The normalized spacial score (nSPS) is 16.3. The number of hydrogen-bond acceptors (Lipinski definition) is 3. The minimum absolute atomic E-state index is 0.0894. The van der Waals surface area contributed by atoms with Gasteiger partial charge in [-0.15, -0.1) is 0 Å². The summed E-state index contributed by atoms with van der Waals surface area (Å²) < 4.78 is 12.3. The molecule has 2 N–H and O–H groups in total. The van der Waals surface area contributed by atoms with Crippen LogP contribution in [-0.2, 0) is 8.85 Å². The summed E-state index contributed by atoms with van der Waals surface area (Å²) in [4.78, 5) is 0. The molecule has 18 heavy (non-hydrogen) atoms. The molecule has 0 heterocycles. The monoisotopic (exact) mass is 289 g/mol. The smallest absolute Gasteiger partial charge is 0.184 e. The Morgan fingerprint density at radius 3 is 1.50 bits per heavy atom. The van der Waals surface area contributed by atoms with E-state index in [1.165, 1.54) is 5.57 Å². The lowest BCUT2D eigenvalue weighted by Gasteiger charge is -2.31. The zero-order valence-electron chi connectivity index (χ0n) is 13.3. The van der Waals surface area contributed by atoms with Crippen LogP contribution in [-0.4, -0.2) is 35.4 Å². The summed E-state index contributed by atoms with van der Waals surface area (Å²) in [5.74, 6) is 0. The highest BCUT2D eigenvalue weighted by Gasteiger charge is 2.26. The van der Waals surface area contributed by atoms with Gasteiger partial charge in [-0.3, -0.25) is 0 Å². The zero-order valence-corrected chi connectivity index (χ0v) is 15.3. The van der Waals surface area contributed by atoms with Gasteiger partial charge in [-0.05, 0) is 58.7 Å². The van der Waals surface area contributed by atoms with Crippen LogP contribution in [0.4, 0.5) is 0 Å². The molecule has 3 nitrogen and oxygen atoms in total. The average molecular weight is 290 g/mol. The van der Waals surface area contributed by atoms with E-state index >= 15 is 0 Å². The summed E-state index contributed by atoms with van der Waals surface area (Å²) in [5, 5.41) is 0. The number of nitrogens with two attached hydrogens (primary N) is 1. The lowest BCUT2D eigenvalue weighted by molar-refractivity contribution is 0.184. The molecule has 108 valence electrons. The third-order valence-corrected chi connectivity index (χ3v) is 4.47. The van der Waals surface area contributed by atoms with Crippen LogP contribution in [0.15, 0.2) is 11.6 Å². The molecule has 0 aromatic carbocycles. The van der Waals surface area contributed by atoms with Crippen molar-refractivity contribution in [3.05, 3.63) is 11.6 Å². The molecule has 0 spiro atoms. The van der Waals surface area contributed by atoms with Gasteiger partial charge in [0.25, 0.3) is 0 Å². The van der Waals surface area contributed by atoms with Gasteiger partial charge in [-0.25, -0.2) is 0 Å². The molecule has 0 bridgehead atoms. The molecule has 2 unspecified atom stereocenters. The Hall–Kier alpha value is 0.0538. The lowest BCUT2D eigenvalue weighted by Crippen LogP contribution is -2.38. The van der Waals surface area contributed by atoms with Crippen LogP contribution in [0.5, 0.6) is 0 Å². The molecule has 2 atom stereocenters. The lowest BCUT2D eigenvalue weighted by atomic mass is 10.1. The number of rotatable bonds is 7. The Morgan fingerprint density at radius 2 is 1.28 bits per heavy atom. The van der Waals surface area contributed by atoms with E-state index in [-0.39, 0.29) is 12.2 Å². The predicted molar refractivity (Wildman–Crippen MR) is 84.9 cm³/mol. The largest absolute Gasteiger partial charge is 0.411 e. The van der Waals surface area contributed by atoms with Gasteiger partial charge in [0, 0.05) is 6.54 Å². The first-order valence-electron chi connectivity index (χ1n) is 6.72. The van der Waals surface area contributed by atoms with Gasteiger partial charge in [0.05, 0.1) is 12.2 Å². The highest BCUT2D eigenvalue weighted by molar-refractivity contribution is 6.70. The third kappa shape index (κ3) is 8.21. The highest BCUT2D eigenvalue weighted by Crippen LogP contribution is 2.21. The maximum atomic E-state index is 6.14. The first kappa shape index (κ1) is 18.1. The molecule has 0 amide bonds. The van der Waals surface area contributed by atoms with Gasteiger partial charge >= 0.3 is 0 Å². The standard InChI is InChI=1S/C13H31NO2Si2/c1-11(15-17(3,4)5)13(9-10-14)12(2)16-18(6,7)8/h9,11-12H,10,14H2,1-8H3. The predicted octanol–water partition coefficient (Wildman–Crippen LogP) is 3.35. The fraction of sp³-hybridized carbons (Fsp3) is 0.846. The molecular formula is C13H31NO2Si2. The second-order valence-corrected chi connectivity index (χ2v) is 15.6. The Morgan fingerprint density at radius 1 is 0.944 bits per heavy atom. The van der Waals surface area contributed by atoms with Gasteiger partial charge in [-0.2, -0.15) is 0 Å². The first-order chi connectivity index (χ1) is 7.96. The van der Waals surface area contributed by atoms with E-state index in [1.54, 1.807) is 0 Å². The van der Waals surface area contributed by atoms with E-state index < -0.39 is 16.6 Å². The van der Waals surface area contributed by atoms with Crippen molar-refractivity contribution in [3.8, 4) is 0 Å². The topological polar surface area (TPSA) is 44.5 Å². The Balaban J connectivity index is 4.81. The van der Waals surface area contributed by atoms with Crippen LogP contribution in [0.3, 0.4) is 0 Å². The minimum Gasteiger partial charge on any atom is -0.411 e. The summed E-state index contributed by atoms with van der Waals surface area (Å²) in [7, 11) is -3.08. The van der Waals surface area contributed by atoms with Crippen molar-refractivity contribution in [2.24, 2.45) is 5.73 Å². The Kier molecular flexibility index (Phi) is 7.02. The molecule has 0 aromatic heterocycles. The van der Waals surface area contributed by atoms with Crippen molar-refractivity contribution in [3.63, 3.8) is 0 Å². The van der Waals surface area contributed by atoms with Gasteiger partial charge < -0.3 is 14.6 Å². The number of hydrogen-bond donors (Lipinski definition) is 1. The maximum Gasteiger partial charge on any atom is 0.184 e. The zero-order chi connectivity index (χ0) is 14.6. The van der Waals surface area contributed by atoms with Crippen LogP contribution in [0.25, 0.3) is 0 Å². The molecule has 0 saturated carbocycles. The summed E-state index contributed by atoms with van der Waals surface area (Å²) in [5.41, 5.74) is 6.85. The molecular weight excluding hydrogens is 258 g/mol. The second kappa shape index (κ2) is 7.00. The summed E-state index contributed by atoms with van der Waals surface area (Å²) in [6.45, 7) is 17.9. The first-order valence-corrected chi connectivity index (χ1v) is 13.5. The molecule has 0 radical (unpaired) electrons. The fourth-order valence-electron chi connectivity index (χ4n) is 2.00. The van der Waals surface area contributed by atoms with E-state index in [2.05, 4.69) is 59.2 Å². The van der Waals surface area contributed by atoms with Gasteiger partial charge in [0.2, 0.25) is 0 Å². The van der Waals surface area contributed by atoms with Crippen LogP contribution >= 0.6 is 0 Å². The minimum atomic E-state index is -1.54. The van der Waals surface area contributed by atoms with Gasteiger partial charge in [0.1, 0.15) is 0 Å². The van der Waals surface area contributed by atoms with E-state index in [1.807, 2.05) is 0 Å². The van der Waals surface area contributed by atoms with Crippen LogP contribution < -0.4 is 5.73 Å². The summed E-state index contributed by atoms with van der Waals surface area (Å²) in [6.07, 6.45) is 2.23. The SMILES string of the molecule is CC(O[Si](C)(C)C)C(=CCN)C(C)O[Si](C)(C)C. The molecule has 0 aliphatic heterocycles. The third-order valence-electron chi connectivity index (χ3n) is 2.35. The quantitative estimate of drug-likeness (QED) is 0.577. The van der Waals surface area contributed by atoms with Crippen molar-refractivity contribution in [1.82, 2.24) is 0 Å². The Labute approximate surface area is 115 Å². The molecule has 0 saturated heterocycles. The van der Waals surface area contributed by atoms with E-state index in [9.17, 15) is 0 Å². The second-order valence-electron chi connectivity index (χ2n) is 6.68. The molecule has 0 aliphatic carbocycles. The van der Waals surface area contributed by atoms with Crippen molar-refractivity contribution >= 4 is 16.6 Å². The van der Waals surface area contributed by atoms with Crippen LogP contribution in [0.1, 0.15) is 13.8 Å². The molecule has 0 aromatic rings. The van der Waals surface area contributed by atoms with E-state index in [0.717, 1.165) is 0 Å². The summed E-state index contributed by atoms with van der Waals surface area (Å²) in [6, 6.07) is 0. The molecule has 0 rings (SSSR count). The average Bonchev–Trinajstić information content (AvgIpc) is 2.07. The van der Waals surface area contributed by atoms with Crippen LogP contribution in [0.2, 0.25) is 39.3 Å². The van der Waals surface area contributed by atoms with Gasteiger partial charge in [0.15, 0.2) is 16.6 Å². The van der Waals surface area contributed by atoms with Crippen molar-refractivity contribution in [1.29, 1.82) is 0 Å². The van der Waals surface area contributed by atoms with E-state index in [0.29, 0.717) is 6.54 Å². The van der Waals surface area contributed by atoms with Crippen molar-refractivity contribution in [2.75, 3.05) is 6.54 Å². The maximum absolute atomic E-state index is 6.14. The van der Waals surface area contributed by atoms with Gasteiger partial charge in [-0.1, -0.05) is 6.08 Å². The Bertz CT molecular complexity index is 256. The van der Waals surface area contributed by atoms with Crippen LogP contribution in [0, 0.1) is 0 Å². The van der Waals surface area contributed by atoms with Crippen molar-refractivity contribution < 1.29 is 8.85 Å². The van der Waals surface area contributed by atoms with Crippen molar-refractivity contribution in [2.45, 2.75) is 65.3 Å². The summed E-state index contributed by atoms with van der Waals surface area (Å²) >= 11 is 0.